The van der Waals surface area contributed by atoms with E-state index in [0.717, 1.165) is 30.2 Å². The third-order valence-corrected chi connectivity index (χ3v) is 5.18. The lowest BCUT2D eigenvalue weighted by atomic mass is 10.0. The molecule has 6 nitrogen and oxygen atoms in total. The average Bonchev–Trinajstić information content (AvgIpc) is 3.20. The molecule has 2 heterocycles. The number of rotatable bonds is 7. The monoisotopic (exact) mass is 373 g/mol. The molecule has 0 radical (unpaired) electrons. The Balaban J connectivity index is 1.57. The minimum atomic E-state index is -0.366. The predicted octanol–water partition coefficient (Wildman–Crippen LogP) is 1.80. The van der Waals surface area contributed by atoms with E-state index in [2.05, 4.69) is 15.5 Å². The van der Waals surface area contributed by atoms with E-state index in [-0.39, 0.29) is 24.4 Å². The van der Waals surface area contributed by atoms with Crippen LogP contribution in [-0.2, 0) is 16.1 Å². The Morgan fingerprint density at radius 2 is 1.85 bits per heavy atom. The molecular weight excluding hydrogens is 350 g/mol. The van der Waals surface area contributed by atoms with Crippen molar-refractivity contribution in [1.82, 2.24) is 15.5 Å². The van der Waals surface area contributed by atoms with Gasteiger partial charge in [-0.3, -0.25) is 14.5 Å². The molecule has 2 aromatic rings. The molecule has 26 heavy (non-hydrogen) atoms. The van der Waals surface area contributed by atoms with Gasteiger partial charge in [0.15, 0.2) is 0 Å². The SMILES string of the molecule is O=C(CNC(=O)C(c1ccccc1)N1CCSCC1)NCc1ccco1. The molecule has 2 N–H and O–H groups in total. The highest BCUT2D eigenvalue weighted by atomic mass is 32.2. The van der Waals surface area contributed by atoms with Gasteiger partial charge in [-0.05, 0) is 17.7 Å². The van der Waals surface area contributed by atoms with Crippen molar-refractivity contribution in [3.05, 3.63) is 60.1 Å². The number of hydrogen-bond donors (Lipinski definition) is 2. The lowest BCUT2D eigenvalue weighted by Gasteiger charge is -2.33. The maximum absolute atomic E-state index is 12.8. The Bertz CT molecular complexity index is 700. The first-order chi connectivity index (χ1) is 12.7. The zero-order valence-corrected chi connectivity index (χ0v) is 15.3. The van der Waals surface area contributed by atoms with Crippen LogP contribution in [0, 0.1) is 0 Å². The quantitative estimate of drug-likeness (QED) is 0.774. The van der Waals surface area contributed by atoms with Crippen molar-refractivity contribution in [2.45, 2.75) is 12.6 Å². The smallest absolute Gasteiger partial charge is 0.242 e. The molecule has 0 aliphatic carbocycles. The van der Waals surface area contributed by atoms with E-state index in [1.807, 2.05) is 42.1 Å². The molecule has 0 saturated carbocycles. The van der Waals surface area contributed by atoms with Gasteiger partial charge in [0.1, 0.15) is 11.8 Å². The van der Waals surface area contributed by atoms with Crippen LogP contribution in [0.25, 0.3) is 0 Å². The molecule has 1 saturated heterocycles. The van der Waals surface area contributed by atoms with Crippen molar-refractivity contribution in [3.63, 3.8) is 0 Å². The van der Waals surface area contributed by atoms with Gasteiger partial charge < -0.3 is 15.1 Å². The molecule has 1 aromatic heterocycles. The van der Waals surface area contributed by atoms with Crippen LogP contribution in [0.4, 0.5) is 0 Å². The van der Waals surface area contributed by atoms with Gasteiger partial charge in [0.05, 0.1) is 19.4 Å². The average molecular weight is 373 g/mol. The molecule has 1 aliphatic heterocycles. The van der Waals surface area contributed by atoms with E-state index in [1.165, 1.54) is 0 Å². The maximum Gasteiger partial charge on any atom is 0.242 e. The van der Waals surface area contributed by atoms with Gasteiger partial charge in [-0.15, -0.1) is 0 Å². The van der Waals surface area contributed by atoms with Crippen LogP contribution in [0.3, 0.4) is 0 Å². The van der Waals surface area contributed by atoms with Gasteiger partial charge in [-0.2, -0.15) is 11.8 Å². The first-order valence-electron chi connectivity index (χ1n) is 8.67. The number of furan rings is 1. The molecule has 1 fully saturated rings. The molecular formula is C19H23N3O3S. The summed E-state index contributed by atoms with van der Waals surface area (Å²) in [4.78, 5) is 27.0. The van der Waals surface area contributed by atoms with Crippen molar-refractivity contribution in [2.24, 2.45) is 0 Å². The summed E-state index contributed by atoms with van der Waals surface area (Å²) in [6.45, 7) is 1.99. The molecule has 1 aromatic carbocycles. The second-order valence-corrected chi connectivity index (χ2v) is 7.26. The zero-order valence-electron chi connectivity index (χ0n) is 14.5. The molecule has 0 bridgehead atoms. The summed E-state index contributed by atoms with van der Waals surface area (Å²) in [6, 6.07) is 12.9. The largest absolute Gasteiger partial charge is 0.467 e. The normalized spacial score (nSPS) is 16.0. The molecule has 2 amide bonds. The number of amides is 2. The van der Waals surface area contributed by atoms with Crippen LogP contribution in [0.5, 0.6) is 0 Å². The predicted molar refractivity (Wildman–Crippen MR) is 102 cm³/mol. The topological polar surface area (TPSA) is 74.6 Å². The summed E-state index contributed by atoms with van der Waals surface area (Å²) in [7, 11) is 0. The molecule has 0 spiro atoms. The number of carbonyl (C=O) groups is 2. The highest BCUT2D eigenvalue weighted by Gasteiger charge is 2.28. The summed E-state index contributed by atoms with van der Waals surface area (Å²) in [5, 5.41) is 5.51. The lowest BCUT2D eigenvalue weighted by molar-refractivity contribution is -0.129. The van der Waals surface area contributed by atoms with Crippen LogP contribution >= 0.6 is 11.8 Å². The number of hydrogen-bond acceptors (Lipinski definition) is 5. The Hall–Kier alpha value is -2.25. The Kier molecular flexibility index (Phi) is 6.74. The van der Waals surface area contributed by atoms with Crippen LogP contribution in [0.2, 0.25) is 0 Å². The standard InChI is InChI=1S/C19H23N3O3S/c23-17(20-13-16-7-4-10-25-16)14-21-19(24)18(15-5-2-1-3-6-15)22-8-11-26-12-9-22/h1-7,10,18H,8-9,11-14H2,(H,20,23)(H,21,24). The summed E-state index contributed by atoms with van der Waals surface area (Å²) in [5.41, 5.74) is 0.952. The van der Waals surface area contributed by atoms with Gasteiger partial charge in [0, 0.05) is 24.6 Å². The number of carbonyl (C=O) groups excluding carboxylic acids is 2. The fourth-order valence-corrected chi connectivity index (χ4v) is 3.86. The molecule has 1 atom stereocenters. The van der Waals surface area contributed by atoms with Gasteiger partial charge in [-0.25, -0.2) is 0 Å². The Morgan fingerprint density at radius 3 is 2.54 bits per heavy atom. The maximum atomic E-state index is 12.8. The van der Waals surface area contributed by atoms with E-state index in [1.54, 1.807) is 18.4 Å². The minimum absolute atomic E-state index is 0.0501. The second-order valence-electron chi connectivity index (χ2n) is 6.04. The summed E-state index contributed by atoms with van der Waals surface area (Å²) in [6.07, 6.45) is 1.56. The van der Waals surface area contributed by atoms with Crippen molar-refractivity contribution in [2.75, 3.05) is 31.1 Å². The molecule has 7 heteroatoms. The van der Waals surface area contributed by atoms with Crippen molar-refractivity contribution < 1.29 is 14.0 Å². The van der Waals surface area contributed by atoms with E-state index in [9.17, 15) is 9.59 Å². The number of nitrogens with one attached hydrogen (secondary N) is 2. The summed E-state index contributed by atoms with van der Waals surface area (Å²) < 4.78 is 5.17. The fraction of sp³-hybridized carbons (Fsp3) is 0.368. The Labute approximate surface area is 157 Å². The summed E-state index contributed by atoms with van der Waals surface area (Å²) >= 11 is 1.90. The molecule has 1 aliphatic rings. The first-order valence-corrected chi connectivity index (χ1v) is 9.83. The molecule has 3 rings (SSSR count). The highest BCUT2D eigenvalue weighted by molar-refractivity contribution is 7.99. The van der Waals surface area contributed by atoms with Gasteiger partial charge in [-0.1, -0.05) is 30.3 Å². The van der Waals surface area contributed by atoms with Crippen LogP contribution in [-0.4, -0.2) is 47.9 Å². The van der Waals surface area contributed by atoms with Crippen molar-refractivity contribution in [3.8, 4) is 0 Å². The van der Waals surface area contributed by atoms with E-state index in [4.69, 9.17) is 4.42 Å². The van der Waals surface area contributed by atoms with Gasteiger partial charge in [0.2, 0.25) is 11.8 Å². The van der Waals surface area contributed by atoms with Crippen molar-refractivity contribution in [1.29, 1.82) is 0 Å². The van der Waals surface area contributed by atoms with Gasteiger partial charge >= 0.3 is 0 Å². The fourth-order valence-electron chi connectivity index (χ4n) is 2.92. The zero-order chi connectivity index (χ0) is 18.2. The molecule has 138 valence electrons. The number of thioether (sulfide) groups is 1. The van der Waals surface area contributed by atoms with Crippen LogP contribution < -0.4 is 10.6 Å². The first kappa shape index (κ1) is 18.5. The van der Waals surface area contributed by atoms with Crippen molar-refractivity contribution >= 4 is 23.6 Å². The number of benzene rings is 1. The molecule has 1 unspecified atom stereocenters. The summed E-state index contributed by atoms with van der Waals surface area (Å²) in [5.74, 6) is 2.32. The van der Waals surface area contributed by atoms with E-state index >= 15 is 0 Å². The van der Waals surface area contributed by atoms with E-state index in [0.29, 0.717) is 12.3 Å². The minimum Gasteiger partial charge on any atom is -0.467 e. The highest BCUT2D eigenvalue weighted by Crippen LogP contribution is 2.24. The lowest BCUT2D eigenvalue weighted by Crippen LogP contribution is -2.46. The van der Waals surface area contributed by atoms with Gasteiger partial charge in [0.25, 0.3) is 0 Å². The Morgan fingerprint density at radius 1 is 1.08 bits per heavy atom. The number of nitrogens with zero attached hydrogens (tertiary/aromatic N) is 1. The third-order valence-electron chi connectivity index (χ3n) is 4.24. The van der Waals surface area contributed by atoms with E-state index < -0.39 is 0 Å². The third kappa shape index (κ3) is 5.12. The second kappa shape index (κ2) is 9.45. The van der Waals surface area contributed by atoms with Crippen LogP contribution in [0.1, 0.15) is 17.4 Å². The van der Waals surface area contributed by atoms with Crippen LogP contribution in [0.15, 0.2) is 53.1 Å².